The van der Waals surface area contributed by atoms with E-state index in [1.54, 1.807) is 19.1 Å². The van der Waals surface area contributed by atoms with Gasteiger partial charge in [0.15, 0.2) is 5.69 Å². The van der Waals surface area contributed by atoms with Crippen LogP contribution in [0.2, 0.25) is 0 Å². The zero-order chi connectivity index (χ0) is 14.5. The van der Waals surface area contributed by atoms with E-state index >= 15 is 0 Å². The zero-order valence-electron chi connectivity index (χ0n) is 11.8. The molecule has 0 spiro atoms. The van der Waals surface area contributed by atoms with Gasteiger partial charge in [-0.05, 0) is 18.6 Å². The van der Waals surface area contributed by atoms with Crippen LogP contribution in [0.1, 0.15) is 35.9 Å². The summed E-state index contributed by atoms with van der Waals surface area (Å²) in [6.07, 6.45) is 3.46. The third-order valence-corrected chi connectivity index (χ3v) is 3.24. The standard InChI is InChI=1S/C15H19N3O2/c1-3-4-10-17-11-18(20)14(12(17)2)15(19)16-13-8-6-5-7-9-13/h5-9,11H,3-4,10H2,1-2H3,(H,16,19). The summed E-state index contributed by atoms with van der Waals surface area (Å²) in [5.74, 6) is -0.376. The summed E-state index contributed by atoms with van der Waals surface area (Å²) in [7, 11) is 0. The first-order chi connectivity index (χ1) is 9.63. The monoisotopic (exact) mass is 273 g/mol. The van der Waals surface area contributed by atoms with Crippen molar-refractivity contribution >= 4 is 11.6 Å². The fourth-order valence-electron chi connectivity index (χ4n) is 2.10. The average Bonchev–Trinajstić information content (AvgIpc) is 2.72. The van der Waals surface area contributed by atoms with Crippen molar-refractivity contribution < 1.29 is 9.52 Å². The Bertz CT molecular complexity index is 591. The number of hydrogen-bond acceptors (Lipinski definition) is 2. The van der Waals surface area contributed by atoms with Gasteiger partial charge in [-0.2, -0.15) is 0 Å². The Morgan fingerprint density at radius 2 is 2.05 bits per heavy atom. The lowest BCUT2D eigenvalue weighted by Gasteiger charge is -2.05. The molecule has 1 N–H and O–H groups in total. The molecule has 1 aromatic carbocycles. The van der Waals surface area contributed by atoms with Crippen molar-refractivity contribution in [2.75, 3.05) is 5.32 Å². The van der Waals surface area contributed by atoms with Gasteiger partial charge in [-0.1, -0.05) is 31.5 Å². The second-order valence-corrected chi connectivity index (χ2v) is 4.74. The highest BCUT2D eigenvalue weighted by molar-refractivity contribution is 6.02. The average molecular weight is 273 g/mol. The predicted octanol–water partition coefficient (Wildman–Crippen LogP) is 2.48. The highest BCUT2D eigenvalue weighted by atomic mass is 16.5. The van der Waals surface area contributed by atoms with Gasteiger partial charge in [0.2, 0.25) is 12.0 Å². The van der Waals surface area contributed by atoms with Crippen LogP contribution in [0.15, 0.2) is 36.7 Å². The van der Waals surface area contributed by atoms with E-state index in [9.17, 15) is 10.0 Å². The number of hydrogen-bond donors (Lipinski definition) is 1. The van der Waals surface area contributed by atoms with Gasteiger partial charge in [0.1, 0.15) is 0 Å². The van der Waals surface area contributed by atoms with Gasteiger partial charge in [-0.25, -0.2) is 9.30 Å². The van der Waals surface area contributed by atoms with Crippen molar-refractivity contribution in [1.82, 2.24) is 4.57 Å². The van der Waals surface area contributed by atoms with Gasteiger partial charge in [0.05, 0.1) is 6.54 Å². The van der Waals surface area contributed by atoms with E-state index in [4.69, 9.17) is 0 Å². The van der Waals surface area contributed by atoms with Gasteiger partial charge in [0, 0.05) is 12.6 Å². The highest BCUT2D eigenvalue weighted by Crippen LogP contribution is 2.10. The van der Waals surface area contributed by atoms with Gasteiger partial charge < -0.3 is 10.5 Å². The molecule has 2 aromatic rings. The molecule has 0 bridgehead atoms. The molecule has 0 aliphatic carbocycles. The summed E-state index contributed by atoms with van der Waals surface area (Å²) < 4.78 is 2.47. The second kappa shape index (κ2) is 6.23. The number of benzene rings is 1. The smallest absolute Gasteiger partial charge is 0.300 e. The van der Waals surface area contributed by atoms with Crippen LogP contribution in [0, 0.1) is 12.1 Å². The number of carbonyl (C=O) groups is 1. The molecule has 5 nitrogen and oxygen atoms in total. The maximum atomic E-state index is 12.2. The number of unbranched alkanes of at least 4 members (excludes halogenated alkanes) is 1. The molecule has 0 saturated heterocycles. The Labute approximate surface area is 118 Å². The summed E-state index contributed by atoms with van der Waals surface area (Å²) in [4.78, 5) is 12.2. The number of aryl methyl sites for hydroxylation is 1. The normalized spacial score (nSPS) is 10.5. The van der Waals surface area contributed by atoms with Crippen LogP contribution < -0.4 is 10.0 Å². The maximum absolute atomic E-state index is 12.2. The third-order valence-electron chi connectivity index (χ3n) is 3.24. The quantitative estimate of drug-likeness (QED) is 0.672. The largest absolute Gasteiger partial charge is 0.710 e. The Kier molecular flexibility index (Phi) is 4.40. The van der Waals surface area contributed by atoms with Crippen molar-refractivity contribution in [1.29, 1.82) is 0 Å². The molecule has 0 atom stereocenters. The number of rotatable bonds is 5. The van der Waals surface area contributed by atoms with Crippen LogP contribution in [0.5, 0.6) is 0 Å². The molecule has 0 saturated carbocycles. The van der Waals surface area contributed by atoms with Crippen molar-refractivity contribution in [2.24, 2.45) is 0 Å². The number of nitrogens with one attached hydrogen (secondary N) is 1. The number of carbonyl (C=O) groups excluding carboxylic acids is 1. The van der Waals surface area contributed by atoms with Crippen LogP contribution >= 0.6 is 0 Å². The Morgan fingerprint density at radius 1 is 1.35 bits per heavy atom. The molecule has 0 aliphatic heterocycles. The SMILES string of the molecule is CCCCn1c[n+]([O-])c(C(=O)Nc2ccccc2)c1C. The molecule has 0 aliphatic rings. The Balaban J connectivity index is 2.19. The topological polar surface area (TPSA) is 61.0 Å². The Morgan fingerprint density at radius 3 is 2.70 bits per heavy atom. The number of aromatic nitrogens is 2. The van der Waals surface area contributed by atoms with E-state index in [1.807, 2.05) is 22.8 Å². The summed E-state index contributed by atoms with van der Waals surface area (Å²) >= 11 is 0. The van der Waals surface area contributed by atoms with Gasteiger partial charge >= 0.3 is 0 Å². The lowest BCUT2D eigenvalue weighted by Crippen LogP contribution is -2.34. The molecule has 1 aromatic heterocycles. The molecule has 1 heterocycles. The third kappa shape index (κ3) is 2.99. The fourth-order valence-corrected chi connectivity index (χ4v) is 2.10. The number of nitrogens with zero attached hydrogens (tertiary/aromatic N) is 2. The van der Waals surface area contributed by atoms with Crippen LogP contribution in [-0.2, 0) is 6.54 Å². The summed E-state index contributed by atoms with van der Waals surface area (Å²) in [6.45, 7) is 4.64. The number of imidazole rings is 1. The van der Waals surface area contributed by atoms with Crippen molar-refractivity contribution in [3.63, 3.8) is 0 Å². The van der Waals surface area contributed by atoms with Crippen LogP contribution in [0.3, 0.4) is 0 Å². The van der Waals surface area contributed by atoms with E-state index in [1.165, 1.54) is 6.33 Å². The molecule has 0 unspecified atom stereocenters. The molecular formula is C15H19N3O2. The molecule has 20 heavy (non-hydrogen) atoms. The lowest BCUT2D eigenvalue weighted by atomic mass is 10.2. The first-order valence-electron chi connectivity index (χ1n) is 6.78. The van der Waals surface area contributed by atoms with Crippen LogP contribution in [0.4, 0.5) is 5.69 Å². The number of anilines is 1. The molecular weight excluding hydrogens is 254 g/mol. The molecule has 5 heteroatoms. The highest BCUT2D eigenvalue weighted by Gasteiger charge is 2.22. The Hall–Kier alpha value is -2.30. The molecule has 2 rings (SSSR count). The molecule has 0 radical (unpaired) electrons. The minimum Gasteiger partial charge on any atom is -0.710 e. The van der Waals surface area contributed by atoms with Gasteiger partial charge in [-0.15, -0.1) is 0 Å². The van der Waals surface area contributed by atoms with E-state index in [-0.39, 0.29) is 11.6 Å². The van der Waals surface area contributed by atoms with Crippen molar-refractivity contribution in [3.8, 4) is 0 Å². The number of para-hydroxylation sites is 1. The summed E-state index contributed by atoms with van der Waals surface area (Å²) in [5.41, 5.74) is 1.53. The van der Waals surface area contributed by atoms with Crippen molar-refractivity contribution in [2.45, 2.75) is 33.2 Å². The first kappa shape index (κ1) is 14.1. The first-order valence-corrected chi connectivity index (χ1v) is 6.78. The molecule has 106 valence electrons. The van der Waals surface area contributed by atoms with E-state index in [0.717, 1.165) is 19.4 Å². The zero-order valence-corrected chi connectivity index (χ0v) is 11.8. The van der Waals surface area contributed by atoms with E-state index < -0.39 is 0 Å². The fraction of sp³-hybridized carbons (Fsp3) is 0.333. The maximum Gasteiger partial charge on any atom is 0.300 e. The van der Waals surface area contributed by atoms with E-state index in [2.05, 4.69) is 12.2 Å². The molecule has 1 amide bonds. The van der Waals surface area contributed by atoms with Gasteiger partial charge in [-0.3, -0.25) is 4.79 Å². The summed E-state index contributed by atoms with van der Waals surface area (Å²) in [5, 5.41) is 14.6. The summed E-state index contributed by atoms with van der Waals surface area (Å²) in [6, 6.07) is 9.11. The second-order valence-electron chi connectivity index (χ2n) is 4.74. The lowest BCUT2D eigenvalue weighted by molar-refractivity contribution is -0.607. The van der Waals surface area contributed by atoms with E-state index in [0.29, 0.717) is 16.1 Å². The number of amides is 1. The minimum atomic E-state index is -0.376. The van der Waals surface area contributed by atoms with Crippen molar-refractivity contribution in [3.05, 3.63) is 53.3 Å². The minimum absolute atomic E-state index is 0.157. The predicted molar refractivity (Wildman–Crippen MR) is 77.4 cm³/mol. The molecule has 0 fully saturated rings. The van der Waals surface area contributed by atoms with Gasteiger partial charge in [0.25, 0.3) is 5.91 Å². The van der Waals surface area contributed by atoms with Crippen LogP contribution in [-0.4, -0.2) is 10.5 Å². The van der Waals surface area contributed by atoms with Crippen LogP contribution in [0.25, 0.3) is 0 Å².